The third-order valence-electron chi connectivity index (χ3n) is 3.99. The molecule has 0 aromatic rings. The number of alkyl halides is 2. The highest BCUT2D eigenvalue weighted by atomic mass is 79.9. The van der Waals surface area contributed by atoms with Crippen molar-refractivity contribution in [3.63, 3.8) is 0 Å². The summed E-state index contributed by atoms with van der Waals surface area (Å²) in [6.07, 6.45) is 16.7. The molecule has 0 aromatic carbocycles. The second-order valence-corrected chi connectivity index (χ2v) is 7.39. The normalized spacial score (nSPS) is 14.3. The maximum absolute atomic E-state index is 6.27. The molecule has 0 heterocycles. The first-order valence-corrected chi connectivity index (χ1v) is 11.3. The van der Waals surface area contributed by atoms with Crippen LogP contribution < -0.4 is 0 Å². The highest BCUT2D eigenvalue weighted by Gasteiger charge is 2.14. The number of hydrogen-bond acceptors (Lipinski definition) is 1. The molecule has 0 aliphatic rings. The van der Waals surface area contributed by atoms with Gasteiger partial charge in [0.1, 0.15) is 0 Å². The first-order valence-electron chi connectivity index (χ1n) is 9.05. The summed E-state index contributed by atoms with van der Waals surface area (Å²) in [6, 6.07) is 0. The van der Waals surface area contributed by atoms with Crippen LogP contribution in [0.15, 0.2) is 0 Å². The van der Waals surface area contributed by atoms with Crippen LogP contribution in [0.4, 0.5) is 0 Å². The highest BCUT2D eigenvalue weighted by Crippen LogP contribution is 2.17. The molecule has 0 amide bonds. The number of rotatable bonds is 16. The first kappa shape index (κ1) is 21.9. The van der Waals surface area contributed by atoms with Crippen LogP contribution in [0.1, 0.15) is 90.9 Å². The molecule has 2 atom stereocenters. The smallest absolute Gasteiger partial charge is 0.0676 e. The Morgan fingerprint density at radius 3 is 1.33 bits per heavy atom. The van der Waals surface area contributed by atoms with Gasteiger partial charge in [-0.25, -0.2) is 0 Å². The van der Waals surface area contributed by atoms with Gasteiger partial charge in [-0.3, -0.25) is 0 Å². The minimum absolute atomic E-state index is 0.393. The molecule has 21 heavy (non-hydrogen) atoms. The molecular formula is C18H36Br2O. The van der Waals surface area contributed by atoms with Gasteiger partial charge in [0.05, 0.1) is 12.2 Å². The van der Waals surface area contributed by atoms with Gasteiger partial charge in [-0.15, -0.1) is 0 Å². The van der Waals surface area contributed by atoms with Crippen LogP contribution in [0.25, 0.3) is 0 Å². The molecule has 0 saturated carbocycles. The van der Waals surface area contributed by atoms with E-state index in [-0.39, 0.29) is 0 Å². The molecule has 2 unspecified atom stereocenters. The van der Waals surface area contributed by atoms with E-state index in [9.17, 15) is 0 Å². The zero-order chi connectivity index (χ0) is 15.8. The molecule has 128 valence electrons. The molecule has 1 nitrogen and oxygen atoms in total. The van der Waals surface area contributed by atoms with Gasteiger partial charge in [0.15, 0.2) is 0 Å². The van der Waals surface area contributed by atoms with E-state index >= 15 is 0 Å². The lowest BCUT2D eigenvalue weighted by Crippen LogP contribution is -2.24. The van der Waals surface area contributed by atoms with Crippen molar-refractivity contribution in [1.82, 2.24) is 0 Å². The Balaban J connectivity index is 3.73. The topological polar surface area (TPSA) is 9.23 Å². The van der Waals surface area contributed by atoms with Crippen molar-refractivity contribution in [3.8, 4) is 0 Å². The third kappa shape index (κ3) is 14.3. The molecule has 0 spiro atoms. The largest absolute Gasteiger partial charge is 0.373 e. The summed E-state index contributed by atoms with van der Waals surface area (Å²) in [7, 11) is 0. The number of unbranched alkanes of at least 4 members (excludes halogenated alkanes) is 8. The Kier molecular flexibility index (Phi) is 18.0. The summed E-state index contributed by atoms with van der Waals surface area (Å²) in [5.74, 6) is 0. The molecule has 0 N–H and O–H groups in total. The second-order valence-electron chi connectivity index (χ2n) is 6.09. The molecule has 0 fully saturated rings. The van der Waals surface area contributed by atoms with Crippen LogP contribution in [0.3, 0.4) is 0 Å². The lowest BCUT2D eigenvalue weighted by atomic mass is 10.1. The van der Waals surface area contributed by atoms with Crippen molar-refractivity contribution in [2.75, 3.05) is 10.7 Å². The molecule has 0 aliphatic heterocycles. The third-order valence-corrected chi connectivity index (χ3v) is 5.43. The fourth-order valence-corrected chi connectivity index (χ4v) is 3.54. The van der Waals surface area contributed by atoms with E-state index in [0.29, 0.717) is 12.2 Å². The van der Waals surface area contributed by atoms with Crippen LogP contribution in [-0.2, 0) is 4.74 Å². The lowest BCUT2D eigenvalue weighted by Gasteiger charge is -2.22. The predicted octanol–water partition coefficient (Wildman–Crippen LogP) is 7.25. The standard InChI is InChI=1S/C18H36Br2O/c1-3-5-7-9-11-13-17(15-19)21-18(16-20)14-12-10-8-6-4-2/h17-18H,3-16H2,1-2H3. The number of hydrogen-bond donors (Lipinski definition) is 0. The fourth-order valence-electron chi connectivity index (χ4n) is 2.59. The maximum Gasteiger partial charge on any atom is 0.0676 e. The van der Waals surface area contributed by atoms with Crippen molar-refractivity contribution < 1.29 is 4.74 Å². The molecule has 0 aromatic heterocycles. The monoisotopic (exact) mass is 426 g/mol. The lowest BCUT2D eigenvalue weighted by molar-refractivity contribution is 0.00421. The fraction of sp³-hybridized carbons (Fsp3) is 1.00. The maximum atomic E-state index is 6.27. The molecule has 3 heteroatoms. The Labute approximate surface area is 150 Å². The van der Waals surface area contributed by atoms with E-state index < -0.39 is 0 Å². The summed E-state index contributed by atoms with van der Waals surface area (Å²) in [4.78, 5) is 0. The van der Waals surface area contributed by atoms with Gasteiger partial charge in [0, 0.05) is 10.7 Å². The van der Waals surface area contributed by atoms with Gasteiger partial charge in [-0.1, -0.05) is 110 Å². The minimum Gasteiger partial charge on any atom is -0.373 e. The van der Waals surface area contributed by atoms with E-state index in [1.165, 1.54) is 77.0 Å². The second kappa shape index (κ2) is 17.3. The molecule has 0 rings (SSSR count). The van der Waals surface area contributed by atoms with Gasteiger partial charge in [-0.05, 0) is 12.8 Å². The zero-order valence-electron chi connectivity index (χ0n) is 14.2. The molecule has 0 radical (unpaired) electrons. The van der Waals surface area contributed by atoms with Gasteiger partial charge in [0.25, 0.3) is 0 Å². The van der Waals surface area contributed by atoms with Gasteiger partial charge < -0.3 is 4.74 Å². The quantitative estimate of drug-likeness (QED) is 0.186. The minimum atomic E-state index is 0.393. The van der Waals surface area contributed by atoms with E-state index in [1.807, 2.05) is 0 Å². The van der Waals surface area contributed by atoms with E-state index in [4.69, 9.17) is 4.74 Å². The average Bonchev–Trinajstić information content (AvgIpc) is 2.51. The number of halogens is 2. The Morgan fingerprint density at radius 2 is 1.00 bits per heavy atom. The number of ether oxygens (including phenoxy) is 1. The van der Waals surface area contributed by atoms with E-state index in [2.05, 4.69) is 45.7 Å². The van der Waals surface area contributed by atoms with Crippen LogP contribution in [-0.4, -0.2) is 22.9 Å². The van der Waals surface area contributed by atoms with Gasteiger partial charge in [0.2, 0.25) is 0 Å². The van der Waals surface area contributed by atoms with Crippen molar-refractivity contribution in [3.05, 3.63) is 0 Å². The van der Waals surface area contributed by atoms with Crippen LogP contribution in [0.5, 0.6) is 0 Å². The molecule has 0 saturated heterocycles. The van der Waals surface area contributed by atoms with Crippen molar-refractivity contribution >= 4 is 31.9 Å². The van der Waals surface area contributed by atoms with E-state index in [1.54, 1.807) is 0 Å². The van der Waals surface area contributed by atoms with Gasteiger partial charge >= 0.3 is 0 Å². The summed E-state index contributed by atoms with van der Waals surface area (Å²) in [5.41, 5.74) is 0. The summed E-state index contributed by atoms with van der Waals surface area (Å²) in [6.45, 7) is 4.54. The Morgan fingerprint density at radius 1 is 0.619 bits per heavy atom. The zero-order valence-corrected chi connectivity index (χ0v) is 17.4. The Bertz CT molecular complexity index is 180. The Hall–Kier alpha value is 0.920. The summed E-state index contributed by atoms with van der Waals surface area (Å²) < 4.78 is 6.27. The molecule has 0 bridgehead atoms. The molecular weight excluding hydrogens is 392 g/mol. The first-order chi connectivity index (χ1) is 10.3. The van der Waals surface area contributed by atoms with Crippen molar-refractivity contribution in [1.29, 1.82) is 0 Å². The van der Waals surface area contributed by atoms with E-state index in [0.717, 1.165) is 10.7 Å². The highest BCUT2D eigenvalue weighted by molar-refractivity contribution is 9.09. The van der Waals surface area contributed by atoms with Gasteiger partial charge in [-0.2, -0.15) is 0 Å². The van der Waals surface area contributed by atoms with Crippen LogP contribution in [0, 0.1) is 0 Å². The predicted molar refractivity (Wildman–Crippen MR) is 103 cm³/mol. The van der Waals surface area contributed by atoms with Crippen molar-refractivity contribution in [2.45, 2.75) is 103 Å². The SMILES string of the molecule is CCCCCCCC(CBr)OC(CBr)CCCCCCC. The summed E-state index contributed by atoms with van der Waals surface area (Å²) in [5, 5.41) is 1.94. The van der Waals surface area contributed by atoms with Crippen molar-refractivity contribution in [2.24, 2.45) is 0 Å². The summed E-state index contributed by atoms with van der Waals surface area (Å²) >= 11 is 7.24. The van der Waals surface area contributed by atoms with Crippen LogP contribution in [0.2, 0.25) is 0 Å². The average molecular weight is 428 g/mol. The van der Waals surface area contributed by atoms with Crippen LogP contribution >= 0.6 is 31.9 Å². The molecule has 0 aliphatic carbocycles.